The number of nitrogens with zero attached hydrogens (tertiary/aromatic N) is 3. The van der Waals surface area contributed by atoms with Gasteiger partial charge in [-0.15, -0.1) is 0 Å². The summed E-state index contributed by atoms with van der Waals surface area (Å²) in [4.78, 5) is 23.2. The Labute approximate surface area is 125 Å². The summed E-state index contributed by atoms with van der Waals surface area (Å²) in [7, 11) is 1.80. The number of carbonyl (C=O) groups is 1. The topological polar surface area (TPSA) is 92.7 Å². The Morgan fingerprint density at radius 3 is 2.64 bits per heavy atom. The zero-order valence-corrected chi connectivity index (χ0v) is 11.8. The first-order valence-corrected chi connectivity index (χ1v) is 6.59. The first-order valence-electron chi connectivity index (χ1n) is 6.59. The first kappa shape index (κ1) is 13.7. The van der Waals surface area contributed by atoms with Crippen molar-refractivity contribution in [2.45, 2.75) is 0 Å². The molecule has 0 aliphatic heterocycles. The van der Waals surface area contributed by atoms with Crippen molar-refractivity contribution in [1.29, 1.82) is 0 Å². The molecule has 1 aromatic carbocycles. The van der Waals surface area contributed by atoms with Crippen LogP contribution >= 0.6 is 0 Å². The molecule has 0 saturated carbocycles. The van der Waals surface area contributed by atoms with Crippen molar-refractivity contribution < 1.29 is 4.79 Å². The number of rotatable bonds is 3. The summed E-state index contributed by atoms with van der Waals surface area (Å²) in [5.41, 5.74) is 2.07. The van der Waals surface area contributed by atoms with Crippen molar-refractivity contribution in [3.8, 4) is 11.3 Å². The van der Waals surface area contributed by atoms with Gasteiger partial charge >= 0.3 is 0 Å². The van der Waals surface area contributed by atoms with Crippen molar-refractivity contribution in [2.24, 2.45) is 7.05 Å². The van der Waals surface area contributed by atoms with Crippen LogP contribution in [0.4, 0.5) is 5.69 Å². The van der Waals surface area contributed by atoms with Crippen LogP contribution in [-0.4, -0.2) is 25.9 Å². The second-order valence-corrected chi connectivity index (χ2v) is 4.66. The number of hydrogen-bond acceptors (Lipinski definition) is 4. The van der Waals surface area contributed by atoms with E-state index in [1.54, 1.807) is 17.9 Å². The Kier molecular flexibility index (Phi) is 3.53. The van der Waals surface area contributed by atoms with Gasteiger partial charge in [0.1, 0.15) is 5.69 Å². The van der Waals surface area contributed by atoms with Crippen molar-refractivity contribution in [3.63, 3.8) is 0 Å². The fourth-order valence-electron chi connectivity index (χ4n) is 2.12. The molecule has 3 rings (SSSR count). The van der Waals surface area contributed by atoms with Gasteiger partial charge in [0, 0.05) is 18.7 Å². The van der Waals surface area contributed by atoms with E-state index in [-0.39, 0.29) is 11.3 Å². The molecular formula is C15H13N5O2. The lowest BCUT2D eigenvalue weighted by molar-refractivity contribution is 0.102. The Balaban J connectivity index is 1.92. The molecule has 2 aromatic heterocycles. The SMILES string of the molecule is Cn1ncc(NC(=O)c2ccc(=O)[nH]n2)c1-c1ccccc1. The molecule has 0 spiro atoms. The van der Waals surface area contributed by atoms with Gasteiger partial charge in [-0.2, -0.15) is 10.2 Å². The van der Waals surface area contributed by atoms with Gasteiger partial charge in [0.05, 0.1) is 17.6 Å². The van der Waals surface area contributed by atoms with E-state index in [9.17, 15) is 9.59 Å². The van der Waals surface area contributed by atoms with Crippen LogP contribution in [0.5, 0.6) is 0 Å². The fourth-order valence-corrected chi connectivity index (χ4v) is 2.12. The number of benzene rings is 1. The van der Waals surface area contributed by atoms with Crippen LogP contribution in [0, 0.1) is 0 Å². The maximum atomic E-state index is 12.2. The molecule has 110 valence electrons. The van der Waals surface area contributed by atoms with Crippen LogP contribution in [0.2, 0.25) is 0 Å². The van der Waals surface area contributed by atoms with Crippen LogP contribution in [0.3, 0.4) is 0 Å². The first-order chi connectivity index (χ1) is 10.6. The maximum Gasteiger partial charge on any atom is 0.276 e. The Hall–Kier alpha value is -3.22. The minimum Gasteiger partial charge on any atom is -0.317 e. The lowest BCUT2D eigenvalue weighted by Crippen LogP contribution is -2.17. The third-order valence-corrected chi connectivity index (χ3v) is 3.15. The number of aromatic amines is 1. The molecule has 0 saturated heterocycles. The summed E-state index contributed by atoms with van der Waals surface area (Å²) in [5.74, 6) is -0.415. The Bertz CT molecular complexity index is 847. The quantitative estimate of drug-likeness (QED) is 0.764. The van der Waals surface area contributed by atoms with Gasteiger partial charge in [-0.3, -0.25) is 14.3 Å². The third kappa shape index (κ3) is 2.64. The molecule has 0 fully saturated rings. The minimum atomic E-state index is -0.415. The number of amides is 1. The van der Waals surface area contributed by atoms with Crippen molar-refractivity contribution >= 4 is 11.6 Å². The maximum absolute atomic E-state index is 12.2. The van der Waals surface area contributed by atoms with Crippen LogP contribution in [0.15, 0.2) is 53.5 Å². The molecule has 0 bridgehead atoms. The summed E-state index contributed by atoms with van der Waals surface area (Å²) in [6.45, 7) is 0. The average Bonchev–Trinajstić information content (AvgIpc) is 2.89. The number of nitrogens with one attached hydrogen (secondary N) is 2. The number of H-pyrrole nitrogens is 1. The molecule has 7 heteroatoms. The van der Waals surface area contributed by atoms with Crippen LogP contribution < -0.4 is 10.9 Å². The standard InChI is InChI=1S/C15H13N5O2/c1-20-14(10-5-3-2-4-6-10)12(9-16-20)17-15(22)11-7-8-13(21)19-18-11/h2-9H,1H3,(H,17,22)(H,19,21). The smallest absolute Gasteiger partial charge is 0.276 e. The predicted octanol–water partition coefficient (Wildman–Crippen LogP) is 1.42. The molecular weight excluding hydrogens is 282 g/mol. The molecule has 22 heavy (non-hydrogen) atoms. The van der Waals surface area contributed by atoms with Gasteiger partial charge in [0.2, 0.25) is 0 Å². The van der Waals surface area contributed by atoms with Crippen molar-refractivity contribution in [2.75, 3.05) is 5.32 Å². The number of anilines is 1. The van der Waals surface area contributed by atoms with Crippen LogP contribution in [-0.2, 0) is 7.05 Å². The Morgan fingerprint density at radius 2 is 1.95 bits per heavy atom. The van der Waals surface area contributed by atoms with E-state index in [0.717, 1.165) is 11.3 Å². The van der Waals surface area contributed by atoms with Crippen molar-refractivity contribution in [1.82, 2.24) is 20.0 Å². The summed E-state index contributed by atoms with van der Waals surface area (Å²) >= 11 is 0. The van der Waals surface area contributed by atoms with E-state index in [0.29, 0.717) is 5.69 Å². The van der Waals surface area contributed by atoms with E-state index in [1.165, 1.54) is 12.1 Å². The van der Waals surface area contributed by atoms with E-state index in [1.807, 2.05) is 30.3 Å². The third-order valence-electron chi connectivity index (χ3n) is 3.15. The number of hydrogen-bond donors (Lipinski definition) is 2. The van der Waals surface area contributed by atoms with Gasteiger partial charge in [0.25, 0.3) is 11.5 Å². The average molecular weight is 295 g/mol. The zero-order chi connectivity index (χ0) is 15.5. The molecule has 3 aromatic rings. The van der Waals surface area contributed by atoms with Crippen LogP contribution in [0.25, 0.3) is 11.3 Å². The highest BCUT2D eigenvalue weighted by Crippen LogP contribution is 2.27. The largest absolute Gasteiger partial charge is 0.317 e. The van der Waals surface area contributed by atoms with Gasteiger partial charge in [0.15, 0.2) is 0 Å². The van der Waals surface area contributed by atoms with Gasteiger partial charge in [-0.05, 0) is 6.07 Å². The lowest BCUT2D eigenvalue weighted by atomic mass is 10.1. The summed E-state index contributed by atoms with van der Waals surface area (Å²) in [6, 6.07) is 12.2. The number of aromatic nitrogens is 4. The molecule has 0 aliphatic carbocycles. The van der Waals surface area contributed by atoms with Crippen molar-refractivity contribution in [3.05, 3.63) is 64.7 Å². The Morgan fingerprint density at radius 1 is 1.18 bits per heavy atom. The van der Waals surface area contributed by atoms with Gasteiger partial charge < -0.3 is 5.32 Å². The highest BCUT2D eigenvalue weighted by molar-refractivity contribution is 6.04. The molecule has 7 nitrogen and oxygen atoms in total. The zero-order valence-electron chi connectivity index (χ0n) is 11.8. The lowest BCUT2D eigenvalue weighted by Gasteiger charge is -2.07. The van der Waals surface area contributed by atoms with E-state index in [2.05, 4.69) is 20.6 Å². The molecule has 2 heterocycles. The number of aryl methyl sites for hydroxylation is 1. The highest BCUT2D eigenvalue weighted by atomic mass is 16.2. The fraction of sp³-hybridized carbons (Fsp3) is 0.0667. The second-order valence-electron chi connectivity index (χ2n) is 4.66. The van der Waals surface area contributed by atoms with E-state index in [4.69, 9.17) is 0 Å². The molecule has 0 unspecified atom stereocenters. The summed E-state index contributed by atoms with van der Waals surface area (Å²) < 4.78 is 1.69. The second kappa shape index (κ2) is 5.65. The van der Waals surface area contributed by atoms with Gasteiger partial charge in [-0.1, -0.05) is 30.3 Å². The molecule has 2 N–H and O–H groups in total. The molecule has 0 atom stereocenters. The van der Waals surface area contributed by atoms with E-state index >= 15 is 0 Å². The minimum absolute atomic E-state index is 0.127. The van der Waals surface area contributed by atoms with E-state index < -0.39 is 5.91 Å². The molecule has 0 radical (unpaired) electrons. The monoisotopic (exact) mass is 295 g/mol. The summed E-state index contributed by atoms with van der Waals surface area (Å²) in [5, 5.41) is 12.9. The van der Waals surface area contributed by atoms with Crippen LogP contribution in [0.1, 0.15) is 10.5 Å². The summed E-state index contributed by atoms with van der Waals surface area (Å²) in [6.07, 6.45) is 1.58. The predicted molar refractivity (Wildman–Crippen MR) is 81.5 cm³/mol. The molecule has 1 amide bonds. The normalized spacial score (nSPS) is 10.4. The highest BCUT2D eigenvalue weighted by Gasteiger charge is 2.15. The van der Waals surface area contributed by atoms with Gasteiger partial charge in [-0.25, -0.2) is 5.10 Å². The number of carbonyl (C=O) groups excluding carboxylic acids is 1. The molecule has 0 aliphatic rings.